The van der Waals surface area contributed by atoms with Gasteiger partial charge in [-0.25, -0.2) is 0 Å². The van der Waals surface area contributed by atoms with Crippen molar-refractivity contribution in [1.82, 2.24) is 15.1 Å². The first-order chi connectivity index (χ1) is 8.02. The normalized spacial score (nSPS) is 13.3. The molecule has 0 radical (unpaired) electrons. The van der Waals surface area contributed by atoms with Gasteiger partial charge in [0.25, 0.3) is 0 Å². The minimum atomic E-state index is 0.572. The van der Waals surface area contributed by atoms with E-state index in [1.54, 1.807) is 0 Å². The molecule has 1 N–H and O–H groups in total. The zero-order valence-electron chi connectivity index (χ0n) is 12.0. The van der Waals surface area contributed by atoms with Crippen molar-refractivity contribution in [3.05, 3.63) is 17.5 Å². The average molecular weight is 237 g/mol. The molecule has 0 bridgehead atoms. The van der Waals surface area contributed by atoms with Crippen LogP contribution < -0.4 is 5.32 Å². The summed E-state index contributed by atoms with van der Waals surface area (Å²) in [5.74, 6) is 0.720. The molecule has 0 amide bonds. The summed E-state index contributed by atoms with van der Waals surface area (Å²) in [6.45, 7) is 9.84. The third-order valence-corrected chi connectivity index (χ3v) is 3.11. The van der Waals surface area contributed by atoms with Gasteiger partial charge in [0.2, 0.25) is 0 Å². The molecule has 0 saturated carbocycles. The lowest BCUT2D eigenvalue weighted by atomic mass is 9.97. The zero-order valence-corrected chi connectivity index (χ0v) is 12.0. The first kappa shape index (κ1) is 14.2. The van der Waals surface area contributed by atoms with Crippen LogP contribution in [0, 0.1) is 12.8 Å². The number of aryl methyl sites for hydroxylation is 2. The van der Waals surface area contributed by atoms with E-state index >= 15 is 0 Å². The molecule has 1 heterocycles. The van der Waals surface area contributed by atoms with Crippen LogP contribution in [-0.2, 0) is 13.5 Å². The van der Waals surface area contributed by atoms with Crippen molar-refractivity contribution >= 4 is 0 Å². The van der Waals surface area contributed by atoms with Crippen LogP contribution in [0.4, 0.5) is 0 Å². The highest BCUT2D eigenvalue weighted by atomic mass is 15.3. The van der Waals surface area contributed by atoms with Crippen LogP contribution in [0.2, 0.25) is 0 Å². The third kappa shape index (κ3) is 4.90. The molecular formula is C14H27N3. The van der Waals surface area contributed by atoms with Gasteiger partial charge >= 0.3 is 0 Å². The second-order valence-corrected chi connectivity index (χ2v) is 5.32. The highest BCUT2D eigenvalue weighted by Gasteiger charge is 2.12. The van der Waals surface area contributed by atoms with Gasteiger partial charge in [0.1, 0.15) is 0 Å². The van der Waals surface area contributed by atoms with Crippen LogP contribution in [0.5, 0.6) is 0 Å². The molecule has 0 saturated heterocycles. The van der Waals surface area contributed by atoms with E-state index in [1.165, 1.54) is 18.5 Å². The number of rotatable bonds is 7. The van der Waals surface area contributed by atoms with E-state index in [0.29, 0.717) is 6.04 Å². The molecule has 0 spiro atoms. The van der Waals surface area contributed by atoms with E-state index in [1.807, 2.05) is 11.7 Å². The van der Waals surface area contributed by atoms with Crippen molar-refractivity contribution in [3.63, 3.8) is 0 Å². The molecule has 98 valence electrons. The van der Waals surface area contributed by atoms with Gasteiger partial charge in [0.15, 0.2) is 0 Å². The van der Waals surface area contributed by atoms with E-state index in [-0.39, 0.29) is 0 Å². The first-order valence-electron chi connectivity index (χ1n) is 6.75. The van der Waals surface area contributed by atoms with Gasteiger partial charge in [-0.2, -0.15) is 5.10 Å². The fourth-order valence-corrected chi connectivity index (χ4v) is 2.24. The van der Waals surface area contributed by atoms with Crippen LogP contribution >= 0.6 is 0 Å². The van der Waals surface area contributed by atoms with Crippen molar-refractivity contribution < 1.29 is 0 Å². The Bertz CT molecular complexity index is 328. The van der Waals surface area contributed by atoms with Crippen molar-refractivity contribution in [3.8, 4) is 0 Å². The Hall–Kier alpha value is -0.830. The second-order valence-electron chi connectivity index (χ2n) is 5.32. The number of hydrogen-bond donors (Lipinski definition) is 1. The summed E-state index contributed by atoms with van der Waals surface area (Å²) in [5.41, 5.74) is 2.47. The number of aromatic nitrogens is 2. The number of nitrogens with zero attached hydrogens (tertiary/aromatic N) is 2. The smallest absolute Gasteiger partial charge is 0.0596 e. The molecule has 0 fully saturated rings. The molecule has 0 aliphatic carbocycles. The van der Waals surface area contributed by atoms with Gasteiger partial charge in [0.05, 0.1) is 5.69 Å². The lowest BCUT2D eigenvalue weighted by Crippen LogP contribution is -2.30. The Kier molecular flexibility index (Phi) is 5.69. The largest absolute Gasteiger partial charge is 0.314 e. The topological polar surface area (TPSA) is 29.9 Å². The maximum Gasteiger partial charge on any atom is 0.0596 e. The molecule has 0 aliphatic rings. The highest BCUT2D eigenvalue weighted by Crippen LogP contribution is 2.14. The fraction of sp³-hybridized carbons (Fsp3) is 0.786. The molecule has 1 atom stereocenters. The fourth-order valence-electron chi connectivity index (χ4n) is 2.24. The van der Waals surface area contributed by atoms with E-state index in [9.17, 15) is 0 Å². The van der Waals surface area contributed by atoms with Crippen molar-refractivity contribution in [2.24, 2.45) is 13.0 Å². The predicted octanol–water partition coefficient (Wildman–Crippen LogP) is 2.69. The Morgan fingerprint density at radius 3 is 2.59 bits per heavy atom. The summed E-state index contributed by atoms with van der Waals surface area (Å²) in [5, 5.41) is 7.96. The van der Waals surface area contributed by atoms with Gasteiger partial charge in [-0.1, -0.05) is 27.2 Å². The minimum absolute atomic E-state index is 0.572. The zero-order chi connectivity index (χ0) is 12.8. The van der Waals surface area contributed by atoms with Crippen LogP contribution in [-0.4, -0.2) is 22.4 Å². The summed E-state index contributed by atoms with van der Waals surface area (Å²) in [6, 6.07) is 2.78. The van der Waals surface area contributed by atoms with Crippen LogP contribution in [0.1, 0.15) is 45.0 Å². The SMILES string of the molecule is CCCC(CNC(C)C)Cc1cc(C)nn1C. The maximum atomic E-state index is 4.42. The van der Waals surface area contributed by atoms with Gasteiger partial charge < -0.3 is 5.32 Å². The molecule has 0 aliphatic heterocycles. The predicted molar refractivity (Wildman–Crippen MR) is 73.2 cm³/mol. The monoisotopic (exact) mass is 237 g/mol. The molecule has 17 heavy (non-hydrogen) atoms. The quantitative estimate of drug-likeness (QED) is 0.790. The number of nitrogens with one attached hydrogen (secondary N) is 1. The third-order valence-electron chi connectivity index (χ3n) is 3.11. The van der Waals surface area contributed by atoms with Crippen LogP contribution in [0.15, 0.2) is 6.07 Å². The second kappa shape index (κ2) is 6.80. The molecular weight excluding hydrogens is 210 g/mol. The number of hydrogen-bond acceptors (Lipinski definition) is 2. The average Bonchev–Trinajstić information content (AvgIpc) is 2.54. The first-order valence-corrected chi connectivity index (χ1v) is 6.75. The molecule has 1 unspecified atom stereocenters. The molecule has 3 nitrogen and oxygen atoms in total. The van der Waals surface area contributed by atoms with E-state index in [2.05, 4.69) is 44.2 Å². The summed E-state index contributed by atoms with van der Waals surface area (Å²) in [7, 11) is 2.04. The standard InChI is InChI=1S/C14H27N3/c1-6-7-13(10-15-11(2)3)9-14-8-12(4)16-17(14)5/h8,11,13,15H,6-7,9-10H2,1-5H3. The van der Waals surface area contributed by atoms with Crippen molar-refractivity contribution in [2.45, 2.75) is 53.0 Å². The van der Waals surface area contributed by atoms with Gasteiger partial charge in [-0.15, -0.1) is 0 Å². The van der Waals surface area contributed by atoms with Crippen molar-refractivity contribution in [1.29, 1.82) is 0 Å². The Balaban J connectivity index is 2.56. The van der Waals surface area contributed by atoms with Crippen molar-refractivity contribution in [2.75, 3.05) is 6.54 Å². The summed E-state index contributed by atoms with van der Waals surface area (Å²) in [6.07, 6.45) is 3.66. The Morgan fingerprint density at radius 2 is 2.12 bits per heavy atom. The summed E-state index contributed by atoms with van der Waals surface area (Å²) < 4.78 is 2.02. The van der Waals surface area contributed by atoms with Crippen LogP contribution in [0.25, 0.3) is 0 Å². The maximum absolute atomic E-state index is 4.42. The van der Waals surface area contributed by atoms with Gasteiger partial charge in [-0.3, -0.25) is 4.68 Å². The molecule has 1 rings (SSSR count). The van der Waals surface area contributed by atoms with E-state index in [0.717, 1.165) is 24.6 Å². The molecule has 3 heteroatoms. The Labute approximate surface area is 106 Å². The Morgan fingerprint density at radius 1 is 1.41 bits per heavy atom. The molecule has 0 aromatic carbocycles. The molecule has 1 aromatic heterocycles. The molecule has 1 aromatic rings. The van der Waals surface area contributed by atoms with E-state index < -0.39 is 0 Å². The summed E-state index contributed by atoms with van der Waals surface area (Å²) >= 11 is 0. The van der Waals surface area contributed by atoms with Gasteiger partial charge in [-0.05, 0) is 38.3 Å². The minimum Gasteiger partial charge on any atom is -0.314 e. The lowest BCUT2D eigenvalue weighted by molar-refractivity contribution is 0.410. The van der Waals surface area contributed by atoms with E-state index in [4.69, 9.17) is 0 Å². The highest BCUT2D eigenvalue weighted by molar-refractivity contribution is 5.09. The summed E-state index contributed by atoms with van der Waals surface area (Å²) in [4.78, 5) is 0. The van der Waals surface area contributed by atoms with Gasteiger partial charge in [0, 0.05) is 18.8 Å². The lowest BCUT2D eigenvalue weighted by Gasteiger charge is -2.18. The van der Waals surface area contributed by atoms with Crippen LogP contribution in [0.3, 0.4) is 0 Å².